The van der Waals surface area contributed by atoms with Crippen LogP contribution in [0, 0.1) is 6.92 Å². The highest BCUT2D eigenvalue weighted by molar-refractivity contribution is 6.35. The van der Waals surface area contributed by atoms with Crippen molar-refractivity contribution in [1.82, 2.24) is 5.48 Å². The molecule has 9 heteroatoms. The van der Waals surface area contributed by atoms with Crippen molar-refractivity contribution in [2.75, 3.05) is 11.5 Å². The number of amides is 3. The monoisotopic (exact) mass is 504 g/mol. The van der Waals surface area contributed by atoms with E-state index in [9.17, 15) is 19.2 Å². The minimum atomic E-state index is -0.982. The number of carbonyl (C=O) groups excluding carboxylic acids is 4. The van der Waals surface area contributed by atoms with Crippen LogP contribution < -0.4 is 15.1 Å². The first-order chi connectivity index (χ1) is 17.8. The summed E-state index contributed by atoms with van der Waals surface area (Å²) in [7, 11) is 0. The van der Waals surface area contributed by atoms with Crippen LogP contribution in [0.2, 0.25) is 0 Å². The average molecular weight is 505 g/mol. The fraction of sp³-hybridized carbons (Fsp3) is 0.286. The zero-order valence-corrected chi connectivity index (χ0v) is 20.9. The molecule has 0 spiro atoms. The minimum absolute atomic E-state index is 0.00381. The van der Waals surface area contributed by atoms with E-state index in [1.165, 1.54) is 6.07 Å². The summed E-state index contributed by atoms with van der Waals surface area (Å²) < 4.78 is 10.7. The van der Waals surface area contributed by atoms with Crippen molar-refractivity contribution in [3.63, 3.8) is 0 Å². The van der Waals surface area contributed by atoms with Crippen LogP contribution in [-0.2, 0) is 11.2 Å². The van der Waals surface area contributed by atoms with Crippen LogP contribution >= 0.6 is 0 Å². The second-order valence-electron chi connectivity index (χ2n) is 8.74. The Morgan fingerprint density at radius 1 is 0.973 bits per heavy atom. The van der Waals surface area contributed by atoms with Crippen LogP contribution in [0.4, 0.5) is 10.5 Å². The Bertz CT molecular complexity index is 1330. The van der Waals surface area contributed by atoms with Crippen molar-refractivity contribution in [3.05, 3.63) is 70.3 Å². The molecule has 0 saturated carbocycles. The first-order valence-corrected chi connectivity index (χ1v) is 12.2. The fourth-order valence-corrected chi connectivity index (χ4v) is 4.76. The fourth-order valence-electron chi connectivity index (χ4n) is 4.76. The maximum atomic E-state index is 13.5. The highest BCUT2D eigenvalue weighted by Gasteiger charge is 2.42. The number of hydroxylamine groups is 1. The summed E-state index contributed by atoms with van der Waals surface area (Å²) in [6, 6.07) is 11.2. The van der Waals surface area contributed by atoms with Crippen LogP contribution in [-0.4, -0.2) is 35.7 Å². The van der Waals surface area contributed by atoms with Gasteiger partial charge in [0, 0.05) is 11.1 Å². The Hall–Kier alpha value is -4.24. The first kappa shape index (κ1) is 25.8. The van der Waals surface area contributed by atoms with Gasteiger partial charge in [0.2, 0.25) is 0 Å². The quantitative estimate of drug-likeness (QED) is 0.141. The molecular formula is C28H28N2O7. The molecule has 2 aliphatic carbocycles. The largest absolute Gasteiger partial charge is 0.513 e. The number of hydrogen-bond donors (Lipinski definition) is 2. The van der Waals surface area contributed by atoms with Gasteiger partial charge in [0.05, 0.1) is 23.4 Å². The normalized spacial score (nSPS) is 12.6. The Morgan fingerprint density at radius 2 is 1.65 bits per heavy atom. The molecule has 2 N–H and O–H groups in total. The molecule has 0 radical (unpaired) electrons. The molecule has 0 fully saturated rings. The molecule has 0 unspecified atom stereocenters. The van der Waals surface area contributed by atoms with Crippen LogP contribution in [0.25, 0.3) is 11.1 Å². The number of nitrogens with zero attached hydrogens (tertiary/aromatic N) is 1. The molecule has 1 heterocycles. The lowest BCUT2D eigenvalue weighted by molar-refractivity contribution is 0.0706. The standard InChI is InChI=1S/C28H28N2O7/c1-4-6-7-12-20-22-16(3)15-17(25(31)29-35)13-14-21(22)24(37-28(34)36-5-2)23(20)30-26(32)18-10-8-9-11-19(18)27(30)33/h8-11,13-15,35H,4-7,12H2,1-3H3,(H,29,31). The average Bonchev–Trinajstić information content (AvgIpc) is 3.23. The van der Waals surface area contributed by atoms with E-state index in [1.807, 2.05) is 0 Å². The molecule has 3 amide bonds. The lowest BCUT2D eigenvalue weighted by atomic mass is 9.99. The van der Waals surface area contributed by atoms with Crippen LogP contribution in [0.15, 0.2) is 42.5 Å². The van der Waals surface area contributed by atoms with Gasteiger partial charge in [-0.25, -0.2) is 15.2 Å². The van der Waals surface area contributed by atoms with E-state index in [4.69, 9.17) is 14.7 Å². The summed E-state index contributed by atoms with van der Waals surface area (Å²) in [4.78, 5) is 52.8. The van der Waals surface area contributed by atoms with E-state index < -0.39 is 23.9 Å². The van der Waals surface area contributed by atoms with Crippen molar-refractivity contribution >= 4 is 29.6 Å². The van der Waals surface area contributed by atoms with E-state index in [0.29, 0.717) is 28.7 Å². The number of rotatable bonds is 8. The third-order valence-electron chi connectivity index (χ3n) is 6.37. The number of benzene rings is 1. The molecule has 37 heavy (non-hydrogen) atoms. The molecule has 3 aliphatic rings. The third-order valence-corrected chi connectivity index (χ3v) is 6.37. The van der Waals surface area contributed by atoms with E-state index in [-0.39, 0.29) is 34.7 Å². The number of carbonyl (C=O) groups is 4. The van der Waals surface area contributed by atoms with Crippen molar-refractivity contribution in [2.45, 2.75) is 46.5 Å². The van der Waals surface area contributed by atoms with Crippen molar-refractivity contribution in [1.29, 1.82) is 0 Å². The van der Waals surface area contributed by atoms with Gasteiger partial charge in [0.15, 0.2) is 5.75 Å². The highest BCUT2D eigenvalue weighted by atomic mass is 16.7. The number of anilines is 1. The number of ether oxygens (including phenoxy) is 2. The number of fused-ring (bicyclic) bond motifs is 2. The summed E-state index contributed by atoms with van der Waals surface area (Å²) in [5.41, 5.74) is 4.92. The lowest BCUT2D eigenvalue weighted by Crippen LogP contribution is -2.30. The Kier molecular flexibility index (Phi) is 7.54. The topological polar surface area (TPSA) is 122 Å². The number of aryl methyl sites for hydroxylation is 1. The molecule has 1 aromatic rings. The van der Waals surface area contributed by atoms with Crippen LogP contribution in [0.3, 0.4) is 0 Å². The molecule has 0 atom stereocenters. The van der Waals surface area contributed by atoms with Gasteiger partial charge in [-0.3, -0.25) is 19.6 Å². The Morgan fingerprint density at radius 3 is 2.24 bits per heavy atom. The number of unbranched alkanes of at least 4 members (excludes halogenated alkanes) is 2. The second kappa shape index (κ2) is 10.8. The van der Waals surface area contributed by atoms with E-state index in [2.05, 4.69) is 6.92 Å². The summed E-state index contributed by atoms with van der Waals surface area (Å²) in [5, 5.41) is 9.14. The number of nitrogens with one attached hydrogen (secondary N) is 1. The second-order valence-corrected chi connectivity index (χ2v) is 8.74. The maximum absolute atomic E-state index is 13.5. The molecule has 192 valence electrons. The maximum Gasteiger partial charge on any atom is 0.513 e. The number of imide groups is 1. The van der Waals surface area contributed by atoms with Crippen molar-refractivity contribution < 1.29 is 33.9 Å². The van der Waals surface area contributed by atoms with Gasteiger partial charge < -0.3 is 9.47 Å². The van der Waals surface area contributed by atoms with Gasteiger partial charge in [0.25, 0.3) is 17.7 Å². The minimum Gasteiger partial charge on any atom is -0.434 e. The van der Waals surface area contributed by atoms with Crippen LogP contribution in [0.1, 0.15) is 75.3 Å². The van der Waals surface area contributed by atoms with Crippen molar-refractivity contribution in [3.8, 4) is 16.9 Å². The predicted octanol–water partition coefficient (Wildman–Crippen LogP) is 5.29. The molecule has 1 aromatic carbocycles. The van der Waals surface area contributed by atoms with E-state index in [0.717, 1.165) is 24.2 Å². The highest BCUT2D eigenvalue weighted by Crippen LogP contribution is 2.52. The van der Waals surface area contributed by atoms with Crippen LogP contribution in [0.5, 0.6) is 5.75 Å². The van der Waals surface area contributed by atoms with Gasteiger partial charge in [0.1, 0.15) is 0 Å². The first-order valence-electron chi connectivity index (χ1n) is 12.2. The Balaban J connectivity index is 2.02. The van der Waals surface area contributed by atoms with Crippen molar-refractivity contribution in [2.24, 2.45) is 0 Å². The molecule has 0 bridgehead atoms. The zero-order valence-electron chi connectivity index (χ0n) is 20.9. The van der Waals surface area contributed by atoms with E-state index >= 15 is 0 Å². The number of hydrogen-bond acceptors (Lipinski definition) is 7. The Labute approximate surface area is 214 Å². The summed E-state index contributed by atoms with van der Waals surface area (Å²) in [6.45, 7) is 5.54. The van der Waals surface area contributed by atoms with Gasteiger partial charge in [-0.05, 0) is 73.7 Å². The molecule has 1 aliphatic heterocycles. The molecule has 0 saturated heterocycles. The van der Waals surface area contributed by atoms with Gasteiger partial charge >= 0.3 is 6.16 Å². The zero-order chi connectivity index (χ0) is 26.7. The van der Waals surface area contributed by atoms with E-state index in [1.54, 1.807) is 55.7 Å². The molecule has 0 aromatic heterocycles. The molecule has 4 rings (SSSR count). The smallest absolute Gasteiger partial charge is 0.434 e. The van der Waals surface area contributed by atoms with Gasteiger partial charge in [-0.1, -0.05) is 31.9 Å². The van der Waals surface area contributed by atoms with Gasteiger partial charge in [-0.2, -0.15) is 0 Å². The summed E-state index contributed by atoms with van der Waals surface area (Å²) >= 11 is 0. The third kappa shape index (κ3) is 4.65. The molecule has 9 nitrogen and oxygen atoms in total. The summed E-state index contributed by atoms with van der Waals surface area (Å²) in [5.74, 6) is -1.72. The van der Waals surface area contributed by atoms with Gasteiger partial charge in [-0.15, -0.1) is 0 Å². The SMILES string of the molecule is CCCCCc1c2c(C)cc(C(=O)NO)ccc-2c(OC(=O)OCC)c1N1C(=O)c2ccccc2C1=O. The molecular weight excluding hydrogens is 476 g/mol. The summed E-state index contributed by atoms with van der Waals surface area (Å²) in [6.07, 6.45) is 2.11. The predicted molar refractivity (Wildman–Crippen MR) is 136 cm³/mol. The lowest BCUT2D eigenvalue weighted by Gasteiger charge is -2.18.